The molecule has 0 spiro atoms. The van der Waals surface area contributed by atoms with E-state index in [-0.39, 0.29) is 12.5 Å². The normalized spacial score (nSPS) is 10.4. The predicted octanol–water partition coefficient (Wildman–Crippen LogP) is 3.13. The van der Waals surface area contributed by atoms with Crippen LogP contribution in [0.3, 0.4) is 0 Å². The van der Waals surface area contributed by atoms with Gasteiger partial charge in [0.25, 0.3) is 5.91 Å². The zero-order valence-corrected chi connectivity index (χ0v) is 14.5. The second-order valence-corrected chi connectivity index (χ2v) is 6.33. The van der Waals surface area contributed by atoms with Crippen molar-refractivity contribution >= 4 is 22.4 Å². The molecule has 1 heterocycles. The first-order valence-electron chi connectivity index (χ1n) is 7.96. The minimum atomic E-state index is -0.150. The summed E-state index contributed by atoms with van der Waals surface area (Å²) in [4.78, 5) is 16.3. The van der Waals surface area contributed by atoms with E-state index in [9.17, 15) is 4.79 Å². The van der Waals surface area contributed by atoms with Gasteiger partial charge in [-0.3, -0.25) is 4.79 Å². The molecular formula is C19H19N3O2S. The molecule has 3 N–H and O–H groups in total. The molecule has 128 valence electrons. The Morgan fingerprint density at radius 1 is 1.12 bits per heavy atom. The van der Waals surface area contributed by atoms with Crippen molar-refractivity contribution in [1.29, 1.82) is 0 Å². The second kappa shape index (κ2) is 8.30. The van der Waals surface area contributed by atoms with Crippen molar-refractivity contribution in [2.24, 2.45) is 0 Å². The van der Waals surface area contributed by atoms with Gasteiger partial charge in [0.2, 0.25) is 0 Å². The summed E-state index contributed by atoms with van der Waals surface area (Å²) in [5.74, 6) is 0.467. The van der Waals surface area contributed by atoms with Gasteiger partial charge in [-0.1, -0.05) is 42.5 Å². The topological polar surface area (TPSA) is 77.2 Å². The summed E-state index contributed by atoms with van der Waals surface area (Å²) in [5, 5.41) is 5.24. The van der Waals surface area contributed by atoms with E-state index in [1.54, 1.807) is 0 Å². The number of thiazole rings is 1. The van der Waals surface area contributed by atoms with Crippen LogP contribution in [0, 0.1) is 0 Å². The second-order valence-electron chi connectivity index (χ2n) is 5.44. The lowest BCUT2D eigenvalue weighted by Gasteiger charge is -2.10. The number of anilines is 1. The van der Waals surface area contributed by atoms with Crippen LogP contribution in [-0.2, 0) is 11.2 Å². The van der Waals surface area contributed by atoms with Gasteiger partial charge in [0.15, 0.2) is 11.7 Å². The van der Waals surface area contributed by atoms with Crippen LogP contribution < -0.4 is 15.8 Å². The molecule has 0 aliphatic heterocycles. The number of benzene rings is 2. The molecule has 1 amide bonds. The molecule has 5 nitrogen and oxygen atoms in total. The van der Waals surface area contributed by atoms with E-state index in [2.05, 4.69) is 10.3 Å². The molecule has 3 aromatic rings. The summed E-state index contributed by atoms with van der Waals surface area (Å²) in [6, 6.07) is 17.5. The van der Waals surface area contributed by atoms with Gasteiger partial charge < -0.3 is 15.8 Å². The maximum Gasteiger partial charge on any atom is 0.257 e. The van der Waals surface area contributed by atoms with E-state index in [1.165, 1.54) is 16.9 Å². The van der Waals surface area contributed by atoms with Crippen LogP contribution in [0.4, 0.5) is 5.13 Å². The SMILES string of the molecule is Nc1nc(-c2ccccc2OCC(=O)NCCc2ccccc2)cs1. The van der Waals surface area contributed by atoms with Crippen molar-refractivity contribution in [3.8, 4) is 17.0 Å². The Bertz CT molecular complexity index is 833. The van der Waals surface area contributed by atoms with Crippen LogP contribution in [0.25, 0.3) is 11.3 Å². The van der Waals surface area contributed by atoms with Gasteiger partial charge in [0.05, 0.1) is 5.69 Å². The lowest BCUT2D eigenvalue weighted by atomic mass is 10.1. The first kappa shape index (κ1) is 17.0. The first-order valence-corrected chi connectivity index (χ1v) is 8.84. The van der Waals surface area contributed by atoms with E-state index < -0.39 is 0 Å². The van der Waals surface area contributed by atoms with Crippen LogP contribution in [0.2, 0.25) is 0 Å². The molecule has 0 atom stereocenters. The Hall–Kier alpha value is -2.86. The molecule has 3 rings (SSSR count). The minimum Gasteiger partial charge on any atom is -0.483 e. The number of carbonyl (C=O) groups excluding carboxylic acids is 1. The molecule has 0 radical (unpaired) electrons. The average Bonchev–Trinajstić information content (AvgIpc) is 3.07. The van der Waals surface area contributed by atoms with Crippen molar-refractivity contribution in [3.63, 3.8) is 0 Å². The highest BCUT2D eigenvalue weighted by molar-refractivity contribution is 7.13. The predicted molar refractivity (Wildman–Crippen MR) is 101 cm³/mol. The summed E-state index contributed by atoms with van der Waals surface area (Å²) in [6.07, 6.45) is 0.793. The molecule has 0 bridgehead atoms. The number of amides is 1. The number of ether oxygens (including phenoxy) is 1. The van der Waals surface area contributed by atoms with Crippen LogP contribution in [0.15, 0.2) is 60.0 Å². The lowest BCUT2D eigenvalue weighted by molar-refractivity contribution is -0.123. The molecule has 0 aliphatic carbocycles. The van der Waals surface area contributed by atoms with E-state index >= 15 is 0 Å². The Labute approximate surface area is 150 Å². The first-order chi connectivity index (χ1) is 12.2. The number of nitrogens with two attached hydrogens (primary N) is 1. The fourth-order valence-corrected chi connectivity index (χ4v) is 2.96. The molecule has 2 aromatic carbocycles. The van der Waals surface area contributed by atoms with Crippen LogP contribution in [-0.4, -0.2) is 24.0 Å². The third-order valence-electron chi connectivity index (χ3n) is 3.62. The maximum atomic E-state index is 12.0. The molecular weight excluding hydrogens is 334 g/mol. The zero-order valence-electron chi connectivity index (χ0n) is 13.6. The smallest absolute Gasteiger partial charge is 0.257 e. The quantitative estimate of drug-likeness (QED) is 0.684. The molecule has 6 heteroatoms. The molecule has 0 saturated heterocycles. The molecule has 1 aromatic heterocycles. The summed E-state index contributed by atoms with van der Waals surface area (Å²) < 4.78 is 5.68. The van der Waals surface area contributed by atoms with Crippen molar-refractivity contribution in [2.45, 2.75) is 6.42 Å². The van der Waals surface area contributed by atoms with Crippen LogP contribution in [0.5, 0.6) is 5.75 Å². The van der Waals surface area contributed by atoms with E-state index in [0.717, 1.165) is 17.7 Å². The number of hydrogen-bond donors (Lipinski definition) is 2. The van der Waals surface area contributed by atoms with Gasteiger partial charge in [-0.2, -0.15) is 0 Å². The highest BCUT2D eigenvalue weighted by atomic mass is 32.1. The van der Waals surface area contributed by atoms with E-state index in [0.29, 0.717) is 17.4 Å². The van der Waals surface area contributed by atoms with Crippen molar-refractivity contribution in [2.75, 3.05) is 18.9 Å². The van der Waals surface area contributed by atoms with Crippen LogP contribution in [0.1, 0.15) is 5.56 Å². The molecule has 0 aliphatic rings. The van der Waals surface area contributed by atoms with Gasteiger partial charge in [0.1, 0.15) is 5.75 Å². The Morgan fingerprint density at radius 2 is 1.88 bits per heavy atom. The van der Waals surface area contributed by atoms with E-state index in [4.69, 9.17) is 10.5 Å². The van der Waals surface area contributed by atoms with Gasteiger partial charge in [-0.25, -0.2) is 4.98 Å². The number of hydrogen-bond acceptors (Lipinski definition) is 5. The third kappa shape index (κ3) is 4.81. The number of rotatable bonds is 7. The number of nitrogens with one attached hydrogen (secondary N) is 1. The summed E-state index contributed by atoms with van der Waals surface area (Å²) in [5.41, 5.74) is 8.46. The Kier molecular flexibility index (Phi) is 5.64. The zero-order chi connectivity index (χ0) is 17.5. The average molecular weight is 353 g/mol. The monoisotopic (exact) mass is 353 g/mol. The Morgan fingerprint density at radius 3 is 2.64 bits per heavy atom. The number of para-hydroxylation sites is 1. The maximum absolute atomic E-state index is 12.0. The summed E-state index contributed by atoms with van der Waals surface area (Å²) in [6.45, 7) is 0.544. The van der Waals surface area contributed by atoms with Gasteiger partial charge in [-0.15, -0.1) is 11.3 Å². The van der Waals surface area contributed by atoms with Gasteiger partial charge in [0, 0.05) is 17.5 Å². The summed E-state index contributed by atoms with van der Waals surface area (Å²) in [7, 11) is 0. The fourth-order valence-electron chi connectivity index (χ4n) is 2.40. The number of aromatic nitrogens is 1. The van der Waals surface area contributed by atoms with Gasteiger partial charge >= 0.3 is 0 Å². The highest BCUT2D eigenvalue weighted by Crippen LogP contribution is 2.31. The lowest BCUT2D eigenvalue weighted by Crippen LogP contribution is -2.30. The largest absolute Gasteiger partial charge is 0.483 e. The van der Waals surface area contributed by atoms with Gasteiger partial charge in [-0.05, 0) is 24.1 Å². The number of nitrogen functional groups attached to an aromatic ring is 1. The molecule has 0 fully saturated rings. The van der Waals surface area contributed by atoms with Crippen molar-refractivity contribution < 1.29 is 9.53 Å². The molecule has 0 saturated carbocycles. The number of nitrogens with zero attached hydrogens (tertiary/aromatic N) is 1. The molecule has 0 unspecified atom stereocenters. The third-order valence-corrected chi connectivity index (χ3v) is 4.30. The van der Waals surface area contributed by atoms with E-state index in [1.807, 2.05) is 60.0 Å². The van der Waals surface area contributed by atoms with Crippen LogP contribution >= 0.6 is 11.3 Å². The number of carbonyl (C=O) groups is 1. The fraction of sp³-hybridized carbons (Fsp3) is 0.158. The highest BCUT2D eigenvalue weighted by Gasteiger charge is 2.10. The summed E-state index contributed by atoms with van der Waals surface area (Å²) >= 11 is 1.37. The van der Waals surface area contributed by atoms with Crippen molar-refractivity contribution in [1.82, 2.24) is 10.3 Å². The minimum absolute atomic E-state index is 0.0363. The molecule has 25 heavy (non-hydrogen) atoms. The van der Waals surface area contributed by atoms with Crippen molar-refractivity contribution in [3.05, 3.63) is 65.5 Å². The standard InChI is InChI=1S/C19H19N3O2S/c20-19-22-16(13-25-19)15-8-4-5-9-17(15)24-12-18(23)21-11-10-14-6-2-1-3-7-14/h1-9,13H,10-12H2,(H2,20,22)(H,21,23). The Balaban J connectivity index is 1.52.